The fourth-order valence-corrected chi connectivity index (χ4v) is 7.48. The number of benzene rings is 2. The number of carboxylic acids is 1. The van der Waals surface area contributed by atoms with Crippen molar-refractivity contribution < 1.29 is 43.4 Å². The molecule has 1 aliphatic carbocycles. The van der Waals surface area contributed by atoms with Crippen molar-refractivity contribution in [2.24, 2.45) is 17.6 Å². The number of carbonyl (C=O) groups is 7. The van der Waals surface area contributed by atoms with Gasteiger partial charge >= 0.3 is 12.1 Å². The quantitative estimate of drug-likeness (QED) is 0.0524. The fraction of sp³-hybridized carbons (Fsp3) is 0.524. The summed E-state index contributed by atoms with van der Waals surface area (Å²) in [5, 5.41) is 32.7. The van der Waals surface area contributed by atoms with Crippen LogP contribution in [0.25, 0.3) is 11.1 Å². The molecule has 0 aromatic heterocycles. The Bertz CT molecular complexity index is 1860. The van der Waals surface area contributed by atoms with Crippen molar-refractivity contribution >= 4 is 47.6 Å². The van der Waals surface area contributed by atoms with Gasteiger partial charge in [0.15, 0.2) is 5.96 Å². The average molecular weight is 834 g/mol. The first-order chi connectivity index (χ1) is 28.5. The van der Waals surface area contributed by atoms with Gasteiger partial charge in [-0.15, -0.1) is 0 Å². The van der Waals surface area contributed by atoms with Crippen LogP contribution < -0.4 is 37.6 Å². The number of nitrogens with zero attached hydrogens (tertiary/aromatic N) is 1. The smallest absolute Gasteiger partial charge is 0.407 e. The van der Waals surface area contributed by atoms with Crippen LogP contribution in [0.5, 0.6) is 0 Å². The van der Waals surface area contributed by atoms with Crippen molar-refractivity contribution in [3.8, 4) is 11.1 Å². The van der Waals surface area contributed by atoms with Gasteiger partial charge in [0.25, 0.3) is 0 Å². The predicted molar refractivity (Wildman–Crippen MR) is 222 cm³/mol. The van der Waals surface area contributed by atoms with Crippen molar-refractivity contribution in [2.75, 3.05) is 26.2 Å². The zero-order valence-corrected chi connectivity index (χ0v) is 34.8. The van der Waals surface area contributed by atoms with Gasteiger partial charge < -0.3 is 52.4 Å². The number of aliphatic carboxylic acids is 1. The molecule has 1 fully saturated rings. The number of guanidine groups is 1. The van der Waals surface area contributed by atoms with Gasteiger partial charge in [-0.05, 0) is 73.1 Å². The second-order valence-electron chi connectivity index (χ2n) is 16.0. The van der Waals surface area contributed by atoms with Crippen LogP contribution in [0.15, 0.2) is 48.5 Å². The number of hydrogen-bond acceptors (Lipinski definition) is 9. The second kappa shape index (κ2) is 21.7. The van der Waals surface area contributed by atoms with Gasteiger partial charge in [0.1, 0.15) is 36.8 Å². The molecular weight excluding hydrogens is 775 g/mol. The number of ether oxygens (including phenoxy) is 1. The Labute approximate surface area is 350 Å². The van der Waals surface area contributed by atoms with Crippen molar-refractivity contribution in [1.82, 2.24) is 36.8 Å². The molecular formula is C42H59N9O9. The summed E-state index contributed by atoms with van der Waals surface area (Å²) in [6.07, 6.45) is 0.565. The minimum absolute atomic E-state index is 0.0552. The fourth-order valence-electron chi connectivity index (χ4n) is 7.48. The Morgan fingerprint density at radius 1 is 0.833 bits per heavy atom. The van der Waals surface area contributed by atoms with Gasteiger partial charge in [0.05, 0.1) is 6.54 Å². The molecule has 2 aliphatic rings. The maximum atomic E-state index is 13.7. The number of likely N-dealkylation sites (tertiary alicyclic amines) is 1. The summed E-state index contributed by atoms with van der Waals surface area (Å²) in [6.45, 7) is 8.51. The van der Waals surface area contributed by atoms with E-state index in [0.717, 1.165) is 22.3 Å². The monoisotopic (exact) mass is 833 g/mol. The van der Waals surface area contributed by atoms with Crippen LogP contribution in [0.3, 0.4) is 0 Å². The Balaban J connectivity index is 1.31. The molecule has 60 heavy (non-hydrogen) atoms. The molecule has 326 valence electrons. The molecule has 6 amide bonds. The average Bonchev–Trinajstić information content (AvgIpc) is 3.82. The van der Waals surface area contributed by atoms with E-state index in [0.29, 0.717) is 12.8 Å². The van der Waals surface area contributed by atoms with E-state index in [-0.39, 0.29) is 56.8 Å². The van der Waals surface area contributed by atoms with Crippen molar-refractivity contribution in [1.29, 1.82) is 5.41 Å². The molecule has 2 aromatic carbocycles. The molecule has 0 radical (unpaired) electrons. The highest BCUT2D eigenvalue weighted by molar-refractivity contribution is 5.96. The highest BCUT2D eigenvalue weighted by Gasteiger charge is 2.39. The Morgan fingerprint density at radius 3 is 2.05 bits per heavy atom. The molecule has 1 aliphatic heterocycles. The Morgan fingerprint density at radius 2 is 1.47 bits per heavy atom. The van der Waals surface area contributed by atoms with Crippen LogP contribution in [0.1, 0.15) is 83.8 Å². The molecule has 5 atom stereocenters. The zero-order valence-electron chi connectivity index (χ0n) is 34.8. The highest BCUT2D eigenvalue weighted by atomic mass is 16.5. The van der Waals surface area contributed by atoms with Crippen molar-refractivity contribution in [3.63, 3.8) is 0 Å². The lowest BCUT2D eigenvalue weighted by Crippen LogP contribution is -2.59. The number of fused-ring (bicyclic) bond motifs is 3. The van der Waals surface area contributed by atoms with Gasteiger partial charge in [-0.3, -0.25) is 29.4 Å². The van der Waals surface area contributed by atoms with E-state index in [4.69, 9.17) is 15.9 Å². The molecule has 1 saturated heterocycles. The molecule has 10 N–H and O–H groups in total. The van der Waals surface area contributed by atoms with Crippen molar-refractivity contribution in [2.45, 2.75) is 103 Å². The molecule has 0 saturated carbocycles. The Hall–Kier alpha value is -6.20. The van der Waals surface area contributed by atoms with Gasteiger partial charge in [-0.1, -0.05) is 76.2 Å². The van der Waals surface area contributed by atoms with E-state index in [2.05, 4.69) is 31.9 Å². The third kappa shape index (κ3) is 12.6. The lowest BCUT2D eigenvalue weighted by molar-refractivity contribution is -0.149. The summed E-state index contributed by atoms with van der Waals surface area (Å²) < 4.78 is 5.53. The lowest BCUT2D eigenvalue weighted by Gasteiger charge is -2.30. The zero-order chi connectivity index (χ0) is 44.1. The largest absolute Gasteiger partial charge is 0.480 e. The van der Waals surface area contributed by atoms with Crippen LogP contribution in [-0.4, -0.2) is 114 Å². The molecule has 1 heterocycles. The summed E-state index contributed by atoms with van der Waals surface area (Å²) in [6, 6.07) is 10.3. The van der Waals surface area contributed by atoms with Crippen LogP contribution in [0.2, 0.25) is 0 Å². The summed E-state index contributed by atoms with van der Waals surface area (Å²) in [7, 11) is 0. The first-order valence-electron chi connectivity index (χ1n) is 20.4. The second-order valence-corrected chi connectivity index (χ2v) is 16.0. The number of carboxylic acid groups (broad SMARTS) is 1. The third-order valence-corrected chi connectivity index (χ3v) is 10.5. The van der Waals surface area contributed by atoms with E-state index in [1.54, 1.807) is 13.8 Å². The number of alkyl carbamates (subject to hydrolysis) is 1. The summed E-state index contributed by atoms with van der Waals surface area (Å²) in [4.78, 5) is 92.8. The van der Waals surface area contributed by atoms with E-state index in [9.17, 15) is 38.7 Å². The molecule has 0 bridgehead atoms. The molecule has 18 nitrogen and oxygen atoms in total. The molecule has 4 rings (SSSR count). The lowest BCUT2D eigenvalue weighted by atomic mass is 9.98. The maximum Gasteiger partial charge on any atom is 0.407 e. The van der Waals surface area contributed by atoms with Gasteiger partial charge in [-0.25, -0.2) is 9.59 Å². The van der Waals surface area contributed by atoms with Crippen LogP contribution in [0.4, 0.5) is 4.79 Å². The topological polar surface area (TPSA) is 274 Å². The van der Waals surface area contributed by atoms with Gasteiger partial charge in [0.2, 0.25) is 29.5 Å². The van der Waals surface area contributed by atoms with Crippen LogP contribution >= 0.6 is 0 Å². The number of amides is 6. The highest BCUT2D eigenvalue weighted by Crippen LogP contribution is 2.44. The number of hydrogen-bond donors (Lipinski definition) is 9. The molecule has 2 aromatic rings. The standard InChI is InChI=1S/C42H59N9O9/c1-23(2)20-32(37(54)50-35(24(3)4)38(55)49-31(16-10-18-45-41(43)44)39(56)51-19-11-17-33(51)40(57)58)48-34(52)21-46-36(53)25(5)47-42(59)60-22-30-28-14-8-6-12-26(28)27-13-7-9-15-29(27)30/h6-9,12-15,23-25,30-33,35H,10-11,16-22H2,1-5H3,(H,46,53)(H,47,59)(H,48,52)(H,49,55)(H,50,54)(H,57,58)(H4,43,44,45)/t25-,31-,32-,33-,35-/m0/s1. The predicted octanol–water partition coefficient (Wildman–Crippen LogP) is 1.53. The van der Waals surface area contributed by atoms with Crippen molar-refractivity contribution in [3.05, 3.63) is 59.7 Å². The van der Waals surface area contributed by atoms with E-state index in [1.807, 2.05) is 62.4 Å². The molecule has 0 unspecified atom stereocenters. The minimum Gasteiger partial charge on any atom is -0.480 e. The number of nitrogens with one attached hydrogen (secondary N) is 7. The summed E-state index contributed by atoms with van der Waals surface area (Å²) in [5.74, 6) is -5.38. The first kappa shape index (κ1) is 46.5. The SMILES string of the molecule is CC(C)C[C@H](NC(=O)CNC(=O)[C@H](C)NC(=O)OCC1c2ccccc2-c2ccccc21)C(=O)N[C@H](C(=O)N[C@@H](CCCNC(=N)N)C(=O)N1CCC[C@H]1C(=O)O)C(C)C. The molecule has 0 spiro atoms. The van der Waals surface area contributed by atoms with Crippen LogP contribution in [-0.2, 0) is 33.5 Å². The summed E-state index contributed by atoms with van der Waals surface area (Å²) in [5.41, 5.74) is 9.60. The number of carbonyl (C=O) groups excluding carboxylic acids is 6. The number of rotatable bonds is 20. The van der Waals surface area contributed by atoms with E-state index < -0.39 is 84.3 Å². The minimum atomic E-state index is -1.15. The number of nitrogens with two attached hydrogens (primary N) is 1. The van der Waals surface area contributed by atoms with Gasteiger partial charge in [0, 0.05) is 19.0 Å². The van der Waals surface area contributed by atoms with Gasteiger partial charge in [-0.2, -0.15) is 0 Å². The Kier molecular flexibility index (Phi) is 16.8. The first-order valence-corrected chi connectivity index (χ1v) is 20.4. The maximum absolute atomic E-state index is 13.7. The van der Waals surface area contributed by atoms with Crippen LogP contribution in [0, 0.1) is 17.2 Å². The molecule has 18 heteroatoms. The summed E-state index contributed by atoms with van der Waals surface area (Å²) >= 11 is 0. The van der Waals surface area contributed by atoms with E-state index >= 15 is 0 Å². The van der Waals surface area contributed by atoms with E-state index in [1.165, 1.54) is 11.8 Å². The third-order valence-electron chi connectivity index (χ3n) is 10.5. The normalized spacial score (nSPS) is 16.4.